The second kappa shape index (κ2) is 7.79. The van der Waals surface area contributed by atoms with Gasteiger partial charge in [0, 0.05) is 19.1 Å². The van der Waals surface area contributed by atoms with Gasteiger partial charge in [-0.2, -0.15) is 0 Å². The van der Waals surface area contributed by atoms with E-state index in [1.54, 1.807) is 0 Å². The molecule has 1 fully saturated rings. The zero-order valence-electron chi connectivity index (χ0n) is 14.1. The number of hydrogen-bond donors (Lipinski definition) is 1. The molecule has 1 saturated carbocycles. The average Bonchev–Trinajstić information content (AvgIpc) is 2.52. The van der Waals surface area contributed by atoms with E-state index in [-0.39, 0.29) is 0 Å². The minimum Gasteiger partial charge on any atom is -0.370 e. The van der Waals surface area contributed by atoms with Crippen molar-refractivity contribution < 1.29 is 0 Å². The molecule has 1 aromatic heterocycles. The normalized spacial score (nSPS) is 23.8. The first-order chi connectivity index (χ1) is 10.2. The van der Waals surface area contributed by atoms with Crippen LogP contribution in [0, 0.1) is 5.92 Å². The van der Waals surface area contributed by atoms with Gasteiger partial charge in [-0.15, -0.1) is 0 Å². The molecular formula is C18H31N3. The topological polar surface area (TPSA) is 28.2 Å². The SMILES string of the molecule is CCNC(CC)c1ccc(N(C)C2CCCC(C)C2)cn1. The highest BCUT2D eigenvalue weighted by Crippen LogP contribution is 2.29. The molecule has 1 aliphatic rings. The summed E-state index contributed by atoms with van der Waals surface area (Å²) in [7, 11) is 2.22. The molecule has 1 heterocycles. The van der Waals surface area contributed by atoms with Crippen molar-refractivity contribution in [3.63, 3.8) is 0 Å². The molecule has 0 aliphatic heterocycles. The third-order valence-electron chi connectivity index (χ3n) is 4.85. The van der Waals surface area contributed by atoms with Crippen LogP contribution in [0.5, 0.6) is 0 Å². The Bertz CT molecular complexity index is 415. The molecule has 3 heteroatoms. The molecule has 21 heavy (non-hydrogen) atoms. The van der Waals surface area contributed by atoms with Gasteiger partial charge in [0.1, 0.15) is 0 Å². The summed E-state index contributed by atoms with van der Waals surface area (Å²) in [6.45, 7) is 7.72. The van der Waals surface area contributed by atoms with Gasteiger partial charge in [0.05, 0.1) is 17.6 Å². The number of nitrogens with zero attached hydrogens (tertiary/aromatic N) is 2. The van der Waals surface area contributed by atoms with Crippen molar-refractivity contribution in [2.45, 2.75) is 65.0 Å². The Balaban J connectivity index is 2.03. The molecule has 3 atom stereocenters. The van der Waals surface area contributed by atoms with Gasteiger partial charge in [-0.25, -0.2) is 0 Å². The van der Waals surface area contributed by atoms with Gasteiger partial charge in [-0.1, -0.05) is 33.6 Å². The fourth-order valence-electron chi connectivity index (χ4n) is 3.48. The van der Waals surface area contributed by atoms with E-state index in [4.69, 9.17) is 4.98 Å². The predicted octanol–water partition coefficient (Wildman–Crippen LogP) is 4.16. The summed E-state index contributed by atoms with van der Waals surface area (Å²) in [5, 5.41) is 3.49. The van der Waals surface area contributed by atoms with Gasteiger partial charge in [0.15, 0.2) is 0 Å². The molecule has 1 aromatic rings. The monoisotopic (exact) mass is 289 g/mol. The highest BCUT2D eigenvalue weighted by Gasteiger charge is 2.22. The van der Waals surface area contributed by atoms with Gasteiger partial charge < -0.3 is 10.2 Å². The van der Waals surface area contributed by atoms with Crippen LogP contribution in [-0.2, 0) is 0 Å². The van der Waals surface area contributed by atoms with Gasteiger partial charge in [0.25, 0.3) is 0 Å². The molecule has 1 N–H and O–H groups in total. The zero-order chi connectivity index (χ0) is 15.2. The lowest BCUT2D eigenvalue weighted by molar-refractivity contribution is 0.336. The van der Waals surface area contributed by atoms with Crippen LogP contribution in [0.4, 0.5) is 5.69 Å². The first-order valence-corrected chi connectivity index (χ1v) is 8.57. The summed E-state index contributed by atoms with van der Waals surface area (Å²) in [5.41, 5.74) is 2.41. The summed E-state index contributed by atoms with van der Waals surface area (Å²) < 4.78 is 0. The van der Waals surface area contributed by atoms with Crippen molar-refractivity contribution in [1.29, 1.82) is 0 Å². The maximum atomic E-state index is 4.70. The second-order valence-corrected chi connectivity index (χ2v) is 6.50. The number of anilines is 1. The summed E-state index contributed by atoms with van der Waals surface area (Å²) in [6.07, 6.45) is 8.51. The first kappa shape index (κ1) is 16.3. The minimum atomic E-state index is 0.379. The number of hydrogen-bond acceptors (Lipinski definition) is 3. The molecular weight excluding hydrogens is 258 g/mol. The molecule has 0 saturated heterocycles. The molecule has 2 rings (SSSR count). The van der Waals surface area contributed by atoms with E-state index in [1.165, 1.54) is 31.4 Å². The summed E-state index contributed by atoms with van der Waals surface area (Å²) in [4.78, 5) is 7.13. The standard InChI is InChI=1S/C18H31N3/c1-5-17(19-6-2)18-11-10-16(13-20-18)21(4)15-9-7-8-14(3)12-15/h10-11,13-15,17,19H,5-9,12H2,1-4H3. The fraction of sp³-hybridized carbons (Fsp3) is 0.722. The molecule has 118 valence electrons. The number of pyridine rings is 1. The Kier molecular flexibility index (Phi) is 6.04. The van der Waals surface area contributed by atoms with E-state index in [2.05, 4.69) is 56.4 Å². The van der Waals surface area contributed by atoms with E-state index in [0.717, 1.165) is 24.6 Å². The Morgan fingerprint density at radius 1 is 1.33 bits per heavy atom. The highest BCUT2D eigenvalue weighted by molar-refractivity contribution is 5.45. The lowest BCUT2D eigenvalue weighted by Gasteiger charge is -2.35. The molecule has 0 aromatic carbocycles. The Morgan fingerprint density at radius 2 is 2.14 bits per heavy atom. The number of nitrogens with one attached hydrogen (secondary N) is 1. The van der Waals surface area contributed by atoms with Crippen LogP contribution in [0.25, 0.3) is 0 Å². The predicted molar refractivity (Wildman–Crippen MR) is 90.8 cm³/mol. The maximum absolute atomic E-state index is 4.70. The third kappa shape index (κ3) is 4.19. The summed E-state index contributed by atoms with van der Waals surface area (Å²) >= 11 is 0. The van der Waals surface area contributed by atoms with Crippen LogP contribution < -0.4 is 10.2 Å². The van der Waals surface area contributed by atoms with Gasteiger partial charge in [-0.3, -0.25) is 4.98 Å². The van der Waals surface area contributed by atoms with E-state index in [1.807, 2.05) is 0 Å². The van der Waals surface area contributed by atoms with Crippen LogP contribution in [0.1, 0.15) is 64.6 Å². The largest absolute Gasteiger partial charge is 0.370 e. The third-order valence-corrected chi connectivity index (χ3v) is 4.85. The second-order valence-electron chi connectivity index (χ2n) is 6.50. The maximum Gasteiger partial charge on any atom is 0.0574 e. The Hall–Kier alpha value is -1.09. The Labute approximate surface area is 130 Å². The molecule has 1 aliphatic carbocycles. The molecule has 0 amide bonds. The fourth-order valence-corrected chi connectivity index (χ4v) is 3.48. The number of aromatic nitrogens is 1. The zero-order valence-corrected chi connectivity index (χ0v) is 14.1. The van der Waals surface area contributed by atoms with Gasteiger partial charge in [0.2, 0.25) is 0 Å². The van der Waals surface area contributed by atoms with Gasteiger partial charge in [-0.05, 0) is 43.9 Å². The van der Waals surface area contributed by atoms with Crippen LogP contribution in [-0.4, -0.2) is 24.6 Å². The van der Waals surface area contributed by atoms with Crippen molar-refractivity contribution >= 4 is 5.69 Å². The van der Waals surface area contributed by atoms with E-state index in [9.17, 15) is 0 Å². The van der Waals surface area contributed by atoms with E-state index >= 15 is 0 Å². The van der Waals surface area contributed by atoms with Crippen LogP contribution >= 0.6 is 0 Å². The van der Waals surface area contributed by atoms with Crippen LogP contribution in [0.2, 0.25) is 0 Å². The highest BCUT2D eigenvalue weighted by atomic mass is 15.1. The molecule has 0 bridgehead atoms. The quantitative estimate of drug-likeness (QED) is 0.852. The molecule has 3 nitrogen and oxygen atoms in total. The lowest BCUT2D eigenvalue weighted by Crippen LogP contribution is -2.35. The van der Waals surface area contributed by atoms with E-state index in [0.29, 0.717) is 12.1 Å². The average molecular weight is 289 g/mol. The van der Waals surface area contributed by atoms with Crippen molar-refractivity contribution in [3.8, 4) is 0 Å². The van der Waals surface area contributed by atoms with Crippen LogP contribution in [0.15, 0.2) is 18.3 Å². The lowest BCUT2D eigenvalue weighted by atomic mass is 9.86. The molecule has 0 radical (unpaired) electrons. The van der Waals surface area contributed by atoms with Crippen molar-refractivity contribution in [2.75, 3.05) is 18.5 Å². The van der Waals surface area contributed by atoms with Crippen LogP contribution in [0.3, 0.4) is 0 Å². The van der Waals surface area contributed by atoms with Gasteiger partial charge >= 0.3 is 0 Å². The number of rotatable bonds is 6. The summed E-state index contributed by atoms with van der Waals surface area (Å²) in [5.74, 6) is 0.858. The van der Waals surface area contributed by atoms with Crippen molar-refractivity contribution in [1.82, 2.24) is 10.3 Å². The minimum absolute atomic E-state index is 0.379. The first-order valence-electron chi connectivity index (χ1n) is 8.57. The molecule has 0 spiro atoms. The molecule has 3 unspecified atom stereocenters. The van der Waals surface area contributed by atoms with Crippen molar-refractivity contribution in [3.05, 3.63) is 24.0 Å². The van der Waals surface area contributed by atoms with E-state index < -0.39 is 0 Å². The Morgan fingerprint density at radius 3 is 2.71 bits per heavy atom. The van der Waals surface area contributed by atoms with Crippen molar-refractivity contribution in [2.24, 2.45) is 5.92 Å². The summed E-state index contributed by atoms with van der Waals surface area (Å²) in [6, 6.07) is 5.48. The smallest absolute Gasteiger partial charge is 0.0574 e.